The topological polar surface area (TPSA) is 58.6 Å². The first-order chi connectivity index (χ1) is 17.1. The number of amides is 1. The van der Waals surface area contributed by atoms with E-state index in [2.05, 4.69) is 24.0 Å². The van der Waals surface area contributed by atoms with Crippen LogP contribution in [0.2, 0.25) is 0 Å². The zero-order valence-corrected chi connectivity index (χ0v) is 20.8. The second-order valence-corrected chi connectivity index (χ2v) is 9.53. The Morgan fingerprint density at radius 3 is 2.49 bits per heavy atom. The summed E-state index contributed by atoms with van der Waals surface area (Å²) >= 11 is 1.49. The summed E-state index contributed by atoms with van der Waals surface area (Å²) in [5.41, 5.74) is 4.22. The molecule has 0 bridgehead atoms. The summed E-state index contributed by atoms with van der Waals surface area (Å²) in [5, 5.41) is 1.95. The van der Waals surface area contributed by atoms with Gasteiger partial charge in [-0.15, -0.1) is 11.3 Å². The molecule has 35 heavy (non-hydrogen) atoms. The summed E-state index contributed by atoms with van der Waals surface area (Å²) < 4.78 is 5.43. The molecule has 5 rings (SSSR count). The van der Waals surface area contributed by atoms with Crippen molar-refractivity contribution in [2.45, 2.75) is 13.3 Å². The van der Waals surface area contributed by atoms with E-state index in [0.29, 0.717) is 19.5 Å². The van der Waals surface area contributed by atoms with Gasteiger partial charge in [0, 0.05) is 49.4 Å². The molecule has 1 aliphatic rings. The number of aryl methyl sites for hydroxylation is 1. The summed E-state index contributed by atoms with van der Waals surface area (Å²) in [5.74, 6) is 2.62. The van der Waals surface area contributed by atoms with Gasteiger partial charge in [0.25, 0.3) is 5.91 Å². The van der Waals surface area contributed by atoms with Crippen LogP contribution in [0.4, 0.5) is 5.82 Å². The molecule has 0 spiro atoms. The number of methoxy groups -OCH3 is 1. The van der Waals surface area contributed by atoms with Crippen LogP contribution in [-0.2, 0) is 6.42 Å². The molecule has 0 saturated carbocycles. The number of aromatic nitrogens is 2. The Hall–Kier alpha value is -3.71. The highest BCUT2D eigenvalue weighted by atomic mass is 32.1. The van der Waals surface area contributed by atoms with Crippen LogP contribution in [0.15, 0.2) is 72.1 Å². The molecule has 0 atom stereocenters. The summed E-state index contributed by atoms with van der Waals surface area (Å²) in [6, 6.07) is 22.0. The SMILES string of the molecule is COc1cccc(Cc2c(C)nc(-c3ccccc3)nc2N2CCN(C(=O)c3cccs3)CC2)c1. The standard InChI is InChI=1S/C28H28N4O2S/c1-20-24(19-21-8-6-11-23(18-21)34-2)27(30-26(29-20)22-9-4-3-5-10-22)31-13-15-32(16-14-31)28(33)25-12-7-17-35-25/h3-12,17-18H,13-16,19H2,1-2H3. The lowest BCUT2D eigenvalue weighted by Crippen LogP contribution is -2.49. The molecule has 0 unspecified atom stereocenters. The van der Waals surface area contributed by atoms with Gasteiger partial charge in [-0.05, 0) is 36.1 Å². The third-order valence-electron chi connectivity index (χ3n) is 6.34. The number of carbonyl (C=O) groups excluding carboxylic acids is 1. The van der Waals surface area contributed by atoms with Crippen LogP contribution in [-0.4, -0.2) is 54.1 Å². The van der Waals surface area contributed by atoms with Gasteiger partial charge in [-0.2, -0.15) is 0 Å². The van der Waals surface area contributed by atoms with Crippen molar-refractivity contribution in [1.82, 2.24) is 14.9 Å². The van der Waals surface area contributed by atoms with E-state index in [1.54, 1.807) is 7.11 Å². The number of thiophene rings is 1. The fraction of sp³-hybridized carbons (Fsp3) is 0.250. The van der Waals surface area contributed by atoms with E-state index in [9.17, 15) is 4.79 Å². The quantitative estimate of drug-likeness (QED) is 0.382. The monoisotopic (exact) mass is 484 g/mol. The zero-order chi connectivity index (χ0) is 24.2. The van der Waals surface area contributed by atoms with Gasteiger partial charge < -0.3 is 14.5 Å². The Balaban J connectivity index is 1.46. The maximum atomic E-state index is 12.8. The third kappa shape index (κ3) is 5.05. The van der Waals surface area contributed by atoms with Crippen LogP contribution in [0.1, 0.15) is 26.5 Å². The lowest BCUT2D eigenvalue weighted by molar-refractivity contribution is 0.0751. The van der Waals surface area contributed by atoms with Crippen molar-refractivity contribution >= 4 is 23.1 Å². The van der Waals surface area contributed by atoms with E-state index in [-0.39, 0.29) is 5.91 Å². The molecular weight excluding hydrogens is 456 g/mol. The summed E-state index contributed by atoms with van der Waals surface area (Å²) in [7, 11) is 1.69. The van der Waals surface area contributed by atoms with Gasteiger partial charge in [-0.3, -0.25) is 4.79 Å². The predicted octanol–water partition coefficient (Wildman–Crippen LogP) is 5.08. The van der Waals surface area contributed by atoms with Gasteiger partial charge in [0.1, 0.15) is 11.6 Å². The number of ether oxygens (including phenoxy) is 1. The molecule has 4 aromatic rings. The van der Waals surface area contributed by atoms with Crippen molar-refractivity contribution < 1.29 is 9.53 Å². The van der Waals surface area contributed by atoms with E-state index >= 15 is 0 Å². The maximum Gasteiger partial charge on any atom is 0.264 e. The van der Waals surface area contributed by atoms with E-state index in [0.717, 1.165) is 57.7 Å². The van der Waals surface area contributed by atoms with Crippen molar-refractivity contribution in [2.75, 3.05) is 38.2 Å². The van der Waals surface area contributed by atoms with Crippen molar-refractivity contribution in [3.63, 3.8) is 0 Å². The number of carbonyl (C=O) groups is 1. The van der Waals surface area contributed by atoms with Crippen LogP contribution in [0.25, 0.3) is 11.4 Å². The molecule has 1 fully saturated rings. The second-order valence-electron chi connectivity index (χ2n) is 8.59. The molecule has 0 N–H and O–H groups in total. The van der Waals surface area contributed by atoms with E-state index in [1.165, 1.54) is 11.3 Å². The predicted molar refractivity (Wildman–Crippen MR) is 140 cm³/mol. The van der Waals surface area contributed by atoms with E-state index < -0.39 is 0 Å². The fourth-order valence-corrected chi connectivity index (χ4v) is 5.12. The number of hydrogen-bond donors (Lipinski definition) is 0. The van der Waals surface area contributed by atoms with Gasteiger partial charge >= 0.3 is 0 Å². The molecule has 2 aromatic heterocycles. The summed E-state index contributed by atoms with van der Waals surface area (Å²) in [4.78, 5) is 27.8. The summed E-state index contributed by atoms with van der Waals surface area (Å²) in [6.07, 6.45) is 0.710. The molecular formula is C28H28N4O2S. The van der Waals surface area contributed by atoms with Crippen molar-refractivity contribution in [2.24, 2.45) is 0 Å². The Bertz CT molecular complexity index is 1300. The van der Waals surface area contributed by atoms with Crippen LogP contribution < -0.4 is 9.64 Å². The molecule has 6 nitrogen and oxygen atoms in total. The number of piperazine rings is 1. The Morgan fingerprint density at radius 1 is 0.971 bits per heavy atom. The number of benzene rings is 2. The minimum Gasteiger partial charge on any atom is -0.497 e. The van der Waals surface area contributed by atoms with Gasteiger partial charge in [0.15, 0.2) is 5.82 Å². The first-order valence-electron chi connectivity index (χ1n) is 11.8. The summed E-state index contributed by atoms with van der Waals surface area (Å²) in [6.45, 7) is 4.85. The molecule has 0 aliphatic carbocycles. The van der Waals surface area contributed by atoms with Gasteiger partial charge in [-0.1, -0.05) is 48.5 Å². The van der Waals surface area contributed by atoms with Crippen molar-refractivity contribution in [3.8, 4) is 17.1 Å². The first-order valence-corrected chi connectivity index (χ1v) is 12.6. The molecule has 2 aromatic carbocycles. The number of anilines is 1. The highest BCUT2D eigenvalue weighted by molar-refractivity contribution is 7.12. The fourth-order valence-electron chi connectivity index (χ4n) is 4.43. The Kier molecular flexibility index (Phi) is 6.77. The molecule has 3 heterocycles. The van der Waals surface area contributed by atoms with Gasteiger partial charge in [-0.25, -0.2) is 9.97 Å². The lowest BCUT2D eigenvalue weighted by atomic mass is 10.0. The third-order valence-corrected chi connectivity index (χ3v) is 7.20. The largest absolute Gasteiger partial charge is 0.497 e. The van der Waals surface area contributed by atoms with E-state index in [4.69, 9.17) is 14.7 Å². The number of rotatable bonds is 6. The smallest absolute Gasteiger partial charge is 0.264 e. The van der Waals surface area contributed by atoms with Crippen LogP contribution in [0.3, 0.4) is 0 Å². The molecule has 178 valence electrons. The molecule has 0 radical (unpaired) electrons. The van der Waals surface area contributed by atoms with Gasteiger partial charge in [0.05, 0.1) is 12.0 Å². The van der Waals surface area contributed by atoms with Crippen LogP contribution >= 0.6 is 11.3 Å². The molecule has 1 amide bonds. The Morgan fingerprint density at radius 2 is 1.77 bits per heavy atom. The highest BCUT2D eigenvalue weighted by Gasteiger charge is 2.26. The Labute approximate surface area is 209 Å². The van der Waals surface area contributed by atoms with Crippen molar-refractivity contribution in [3.05, 3.63) is 93.8 Å². The molecule has 7 heteroatoms. The average Bonchev–Trinajstić information content (AvgIpc) is 3.45. The normalized spacial score (nSPS) is 13.7. The van der Waals surface area contributed by atoms with Crippen LogP contribution in [0.5, 0.6) is 5.75 Å². The van der Waals surface area contributed by atoms with E-state index in [1.807, 2.05) is 64.9 Å². The van der Waals surface area contributed by atoms with Gasteiger partial charge in [0.2, 0.25) is 0 Å². The number of hydrogen-bond acceptors (Lipinski definition) is 6. The average molecular weight is 485 g/mol. The first kappa shape index (κ1) is 23.1. The second kappa shape index (κ2) is 10.3. The minimum atomic E-state index is 0.111. The zero-order valence-electron chi connectivity index (χ0n) is 20.0. The lowest BCUT2D eigenvalue weighted by Gasteiger charge is -2.36. The number of nitrogens with zero attached hydrogens (tertiary/aromatic N) is 4. The maximum absolute atomic E-state index is 12.8. The van der Waals surface area contributed by atoms with Crippen molar-refractivity contribution in [1.29, 1.82) is 0 Å². The minimum absolute atomic E-state index is 0.111. The molecule has 1 aliphatic heterocycles. The highest BCUT2D eigenvalue weighted by Crippen LogP contribution is 2.29. The molecule has 1 saturated heterocycles. The van der Waals surface area contributed by atoms with Crippen LogP contribution in [0, 0.1) is 6.92 Å².